The van der Waals surface area contributed by atoms with E-state index in [1.54, 1.807) is 0 Å². The Labute approximate surface area is 137 Å². The number of aryl methyl sites for hydroxylation is 1. The standard InChI is InChI=1S/C19H23N3O/c1-22(12-8-15-6-10-20-11-7-15)14-19(23)17-4-5-18-16(13-17)3-2-9-21-18/h4-7,10-11,13,21H,2-3,8-9,12,14H2,1H3. The van der Waals surface area contributed by atoms with E-state index in [1.165, 1.54) is 16.8 Å². The molecule has 1 aromatic carbocycles. The Morgan fingerprint density at radius 3 is 2.91 bits per heavy atom. The van der Waals surface area contributed by atoms with Crippen molar-refractivity contribution in [2.45, 2.75) is 19.3 Å². The maximum atomic E-state index is 12.5. The number of nitrogens with zero attached hydrogens (tertiary/aromatic N) is 2. The third kappa shape index (κ3) is 4.17. The third-order valence-electron chi connectivity index (χ3n) is 4.31. The second kappa shape index (κ2) is 7.38. The van der Waals surface area contributed by atoms with Gasteiger partial charge in [-0.1, -0.05) is 0 Å². The first kappa shape index (κ1) is 15.7. The van der Waals surface area contributed by atoms with E-state index < -0.39 is 0 Å². The fourth-order valence-electron chi connectivity index (χ4n) is 2.93. The van der Waals surface area contributed by atoms with Crippen molar-refractivity contribution in [3.8, 4) is 0 Å². The molecule has 3 rings (SSSR count). The monoisotopic (exact) mass is 309 g/mol. The lowest BCUT2D eigenvalue weighted by Crippen LogP contribution is -2.28. The maximum Gasteiger partial charge on any atom is 0.176 e. The molecule has 1 aromatic heterocycles. The summed E-state index contributed by atoms with van der Waals surface area (Å²) in [6.07, 6.45) is 6.74. The molecule has 0 aliphatic carbocycles. The molecule has 2 aromatic rings. The molecular formula is C19H23N3O. The van der Waals surface area contributed by atoms with Gasteiger partial charge in [0.15, 0.2) is 5.78 Å². The Bertz CT molecular complexity index is 670. The van der Waals surface area contributed by atoms with Crippen LogP contribution in [-0.4, -0.2) is 42.3 Å². The van der Waals surface area contributed by atoms with Crippen LogP contribution in [0, 0.1) is 0 Å². The van der Waals surface area contributed by atoms with Crippen molar-refractivity contribution in [1.29, 1.82) is 0 Å². The molecule has 1 aliphatic rings. The van der Waals surface area contributed by atoms with E-state index in [4.69, 9.17) is 0 Å². The highest BCUT2D eigenvalue weighted by atomic mass is 16.1. The zero-order valence-corrected chi connectivity index (χ0v) is 13.6. The van der Waals surface area contributed by atoms with Crippen LogP contribution < -0.4 is 5.32 Å². The Morgan fingerprint density at radius 2 is 2.09 bits per heavy atom. The van der Waals surface area contributed by atoms with E-state index in [-0.39, 0.29) is 5.78 Å². The van der Waals surface area contributed by atoms with E-state index in [2.05, 4.69) is 21.3 Å². The number of nitrogens with one attached hydrogen (secondary N) is 1. The van der Waals surface area contributed by atoms with Crippen molar-refractivity contribution in [2.24, 2.45) is 0 Å². The van der Waals surface area contributed by atoms with Crippen LogP contribution in [0.3, 0.4) is 0 Å². The Balaban J connectivity index is 1.56. The lowest BCUT2D eigenvalue weighted by atomic mass is 9.99. The van der Waals surface area contributed by atoms with Crippen LogP contribution in [0.25, 0.3) is 0 Å². The Kier molecular flexibility index (Phi) is 5.03. The van der Waals surface area contributed by atoms with Crippen LogP contribution >= 0.6 is 0 Å². The van der Waals surface area contributed by atoms with Gasteiger partial charge in [-0.2, -0.15) is 0 Å². The first-order valence-electron chi connectivity index (χ1n) is 8.20. The molecule has 0 spiro atoms. The van der Waals surface area contributed by atoms with Gasteiger partial charge in [-0.05, 0) is 67.8 Å². The number of pyridine rings is 1. The van der Waals surface area contributed by atoms with Gasteiger partial charge in [0.2, 0.25) is 0 Å². The average Bonchev–Trinajstić information content (AvgIpc) is 2.60. The van der Waals surface area contributed by atoms with Crippen molar-refractivity contribution in [1.82, 2.24) is 9.88 Å². The summed E-state index contributed by atoms with van der Waals surface area (Å²) in [5.74, 6) is 0.190. The van der Waals surface area contributed by atoms with Gasteiger partial charge < -0.3 is 5.32 Å². The van der Waals surface area contributed by atoms with Crippen LogP contribution in [0.15, 0.2) is 42.7 Å². The highest BCUT2D eigenvalue weighted by Gasteiger charge is 2.14. The van der Waals surface area contributed by atoms with Gasteiger partial charge in [0.25, 0.3) is 0 Å². The molecule has 4 nitrogen and oxygen atoms in total. The zero-order valence-electron chi connectivity index (χ0n) is 13.6. The molecule has 0 amide bonds. The van der Waals surface area contributed by atoms with E-state index in [0.29, 0.717) is 6.54 Å². The van der Waals surface area contributed by atoms with Gasteiger partial charge in [-0.25, -0.2) is 0 Å². The molecule has 4 heteroatoms. The summed E-state index contributed by atoms with van der Waals surface area (Å²) in [6.45, 7) is 2.34. The number of rotatable bonds is 6. The molecule has 0 atom stereocenters. The van der Waals surface area contributed by atoms with Crippen LogP contribution in [0.2, 0.25) is 0 Å². The lowest BCUT2D eigenvalue weighted by Gasteiger charge is -2.19. The van der Waals surface area contributed by atoms with Gasteiger partial charge in [0, 0.05) is 36.7 Å². The van der Waals surface area contributed by atoms with Crippen LogP contribution in [0.1, 0.15) is 27.9 Å². The quantitative estimate of drug-likeness (QED) is 0.834. The second-order valence-electron chi connectivity index (χ2n) is 6.17. The largest absolute Gasteiger partial charge is 0.385 e. The van der Waals surface area contributed by atoms with E-state index in [9.17, 15) is 4.79 Å². The molecule has 0 radical (unpaired) electrons. The SMILES string of the molecule is CN(CCc1ccncc1)CC(=O)c1ccc2c(c1)CCCN2. The Hall–Kier alpha value is -2.20. The molecule has 1 aliphatic heterocycles. The number of hydrogen-bond acceptors (Lipinski definition) is 4. The molecule has 0 unspecified atom stereocenters. The number of carbonyl (C=O) groups is 1. The van der Waals surface area contributed by atoms with Crippen LogP contribution in [-0.2, 0) is 12.8 Å². The number of carbonyl (C=O) groups excluding carboxylic acids is 1. The first-order chi connectivity index (χ1) is 11.2. The predicted octanol–water partition coefficient (Wildman–Crippen LogP) is 2.80. The summed E-state index contributed by atoms with van der Waals surface area (Å²) in [5.41, 5.74) is 4.52. The number of anilines is 1. The van der Waals surface area contributed by atoms with E-state index in [0.717, 1.165) is 37.9 Å². The average molecular weight is 309 g/mol. The Morgan fingerprint density at radius 1 is 1.26 bits per heavy atom. The minimum atomic E-state index is 0.190. The molecule has 0 bridgehead atoms. The molecule has 0 saturated carbocycles. The second-order valence-corrected chi connectivity index (χ2v) is 6.17. The molecule has 0 fully saturated rings. The maximum absolute atomic E-state index is 12.5. The summed E-state index contributed by atoms with van der Waals surface area (Å²) >= 11 is 0. The highest BCUT2D eigenvalue weighted by Crippen LogP contribution is 2.23. The van der Waals surface area contributed by atoms with Crippen molar-refractivity contribution >= 4 is 11.5 Å². The molecule has 1 N–H and O–H groups in total. The van der Waals surface area contributed by atoms with Crippen molar-refractivity contribution in [3.05, 3.63) is 59.4 Å². The van der Waals surface area contributed by atoms with E-state index in [1.807, 2.05) is 43.7 Å². The van der Waals surface area contributed by atoms with Gasteiger partial charge in [0.05, 0.1) is 6.54 Å². The van der Waals surface area contributed by atoms with Crippen molar-refractivity contribution in [3.63, 3.8) is 0 Å². The van der Waals surface area contributed by atoms with Crippen LogP contribution in [0.4, 0.5) is 5.69 Å². The third-order valence-corrected chi connectivity index (χ3v) is 4.31. The van der Waals surface area contributed by atoms with Crippen LogP contribution in [0.5, 0.6) is 0 Å². The highest BCUT2D eigenvalue weighted by molar-refractivity contribution is 5.98. The molecule has 2 heterocycles. The number of benzene rings is 1. The first-order valence-corrected chi connectivity index (χ1v) is 8.20. The smallest absolute Gasteiger partial charge is 0.176 e. The normalized spacial score (nSPS) is 13.5. The predicted molar refractivity (Wildman–Crippen MR) is 93.0 cm³/mol. The molecule has 23 heavy (non-hydrogen) atoms. The summed E-state index contributed by atoms with van der Waals surface area (Å²) < 4.78 is 0. The van der Waals surface area contributed by atoms with Crippen molar-refractivity contribution < 1.29 is 4.79 Å². The number of ketones is 1. The summed E-state index contributed by atoms with van der Waals surface area (Å²) in [7, 11) is 2.00. The number of likely N-dealkylation sites (N-methyl/N-ethyl adjacent to an activating group) is 1. The fourth-order valence-corrected chi connectivity index (χ4v) is 2.93. The lowest BCUT2D eigenvalue weighted by molar-refractivity contribution is 0.0947. The minimum Gasteiger partial charge on any atom is -0.385 e. The zero-order chi connectivity index (χ0) is 16.1. The van der Waals surface area contributed by atoms with Gasteiger partial charge >= 0.3 is 0 Å². The number of aromatic nitrogens is 1. The number of fused-ring (bicyclic) bond motifs is 1. The topological polar surface area (TPSA) is 45.2 Å². The van der Waals surface area contributed by atoms with Gasteiger partial charge in [-0.15, -0.1) is 0 Å². The summed E-state index contributed by atoms with van der Waals surface area (Å²) in [5, 5.41) is 3.38. The summed E-state index contributed by atoms with van der Waals surface area (Å²) in [6, 6.07) is 10.1. The van der Waals surface area contributed by atoms with Gasteiger partial charge in [0.1, 0.15) is 0 Å². The molecule has 120 valence electrons. The number of Topliss-reactive ketones (excluding diaryl/α,β-unsaturated/α-hetero) is 1. The summed E-state index contributed by atoms with van der Waals surface area (Å²) in [4.78, 5) is 18.6. The number of hydrogen-bond donors (Lipinski definition) is 1. The van der Waals surface area contributed by atoms with Crippen molar-refractivity contribution in [2.75, 3.05) is 32.0 Å². The molecule has 0 saturated heterocycles. The van der Waals surface area contributed by atoms with Gasteiger partial charge in [-0.3, -0.25) is 14.7 Å². The fraction of sp³-hybridized carbons (Fsp3) is 0.368. The van der Waals surface area contributed by atoms with E-state index >= 15 is 0 Å². The minimum absolute atomic E-state index is 0.190. The molecular weight excluding hydrogens is 286 g/mol.